The van der Waals surface area contributed by atoms with Gasteiger partial charge in [-0.05, 0) is 45.0 Å². The van der Waals surface area contributed by atoms with Gasteiger partial charge in [0.05, 0.1) is 6.54 Å². The molecule has 0 bridgehead atoms. The summed E-state index contributed by atoms with van der Waals surface area (Å²) >= 11 is 0. The molecule has 0 fully saturated rings. The van der Waals surface area contributed by atoms with E-state index in [4.69, 9.17) is 4.74 Å². The molecule has 0 unspecified atom stereocenters. The average molecular weight is 260 g/mol. The minimum atomic E-state index is -0.486. The molecule has 19 heavy (non-hydrogen) atoms. The molecule has 0 spiro atoms. The fraction of sp³-hybridized carbons (Fsp3) is 0.400. The maximum atomic E-state index is 11.3. The lowest BCUT2D eigenvalue weighted by Gasteiger charge is -2.18. The Labute approximate surface area is 114 Å². The van der Waals surface area contributed by atoms with E-state index in [9.17, 15) is 4.79 Å². The summed E-state index contributed by atoms with van der Waals surface area (Å²) in [6.07, 6.45) is -0.452. The Kier molecular flexibility index (Phi) is 5.25. The highest BCUT2D eigenvalue weighted by Crippen LogP contribution is 2.07. The lowest BCUT2D eigenvalue weighted by molar-refractivity contribution is 0.0535. The largest absolute Gasteiger partial charge is 0.444 e. The average Bonchev–Trinajstić information content (AvgIpc) is 2.33. The van der Waals surface area contributed by atoms with Crippen LogP contribution in [-0.4, -0.2) is 25.3 Å². The van der Waals surface area contributed by atoms with Gasteiger partial charge in [0.15, 0.2) is 0 Å². The lowest BCUT2D eigenvalue weighted by Crippen LogP contribution is -2.32. The van der Waals surface area contributed by atoms with Gasteiger partial charge in [0.25, 0.3) is 0 Å². The predicted molar refractivity (Wildman–Crippen MR) is 77.1 cm³/mol. The number of hydrogen-bond acceptors (Lipinski definition) is 3. The van der Waals surface area contributed by atoms with Crippen LogP contribution < -0.4 is 10.6 Å². The minimum absolute atomic E-state index is 0.267. The summed E-state index contributed by atoms with van der Waals surface area (Å²) in [6.45, 7) is 5.73. The van der Waals surface area contributed by atoms with E-state index in [2.05, 4.69) is 22.5 Å². The second-order valence-electron chi connectivity index (χ2n) is 4.98. The summed E-state index contributed by atoms with van der Waals surface area (Å²) in [5.41, 5.74) is 1.46. The molecule has 0 aromatic heterocycles. The molecule has 0 saturated heterocycles. The van der Waals surface area contributed by atoms with Crippen molar-refractivity contribution in [3.8, 4) is 11.8 Å². The molecule has 1 amide bonds. The number of nitrogens with one attached hydrogen (secondary N) is 2. The van der Waals surface area contributed by atoms with Crippen LogP contribution in [0.2, 0.25) is 0 Å². The van der Waals surface area contributed by atoms with Gasteiger partial charge in [0.1, 0.15) is 5.60 Å². The van der Waals surface area contributed by atoms with E-state index in [-0.39, 0.29) is 6.54 Å². The SMILES string of the molecule is CNc1ccc(C#CCNC(=O)OC(C)(C)C)cc1. The van der Waals surface area contributed by atoms with Crippen molar-refractivity contribution in [3.63, 3.8) is 0 Å². The molecule has 0 radical (unpaired) electrons. The van der Waals surface area contributed by atoms with Crippen LogP contribution in [0.1, 0.15) is 26.3 Å². The van der Waals surface area contributed by atoms with Crippen LogP contribution in [-0.2, 0) is 4.74 Å². The van der Waals surface area contributed by atoms with Crippen LogP contribution in [0.4, 0.5) is 10.5 Å². The van der Waals surface area contributed by atoms with Gasteiger partial charge in [-0.15, -0.1) is 0 Å². The standard InChI is InChI=1S/C15H20N2O2/c1-15(2,3)19-14(18)17-11-5-6-12-7-9-13(16-4)10-8-12/h7-10,16H,11H2,1-4H3,(H,17,18). The molecule has 0 saturated carbocycles. The maximum Gasteiger partial charge on any atom is 0.408 e. The van der Waals surface area contributed by atoms with Crippen LogP contribution in [0.15, 0.2) is 24.3 Å². The molecule has 1 aromatic rings. The molecule has 1 aromatic carbocycles. The first-order valence-corrected chi connectivity index (χ1v) is 6.14. The number of alkyl carbamates (subject to hydrolysis) is 1. The fourth-order valence-electron chi connectivity index (χ4n) is 1.30. The number of ether oxygens (including phenoxy) is 1. The third-order valence-electron chi connectivity index (χ3n) is 2.13. The normalized spacial score (nSPS) is 10.1. The molecular formula is C15H20N2O2. The van der Waals surface area contributed by atoms with Crippen molar-refractivity contribution >= 4 is 11.8 Å². The van der Waals surface area contributed by atoms with E-state index in [1.165, 1.54) is 0 Å². The number of amides is 1. The highest BCUT2D eigenvalue weighted by molar-refractivity contribution is 5.68. The van der Waals surface area contributed by atoms with Gasteiger partial charge in [-0.2, -0.15) is 0 Å². The zero-order chi connectivity index (χ0) is 14.3. The molecule has 4 nitrogen and oxygen atoms in total. The van der Waals surface area contributed by atoms with E-state index in [1.807, 2.05) is 52.1 Å². The van der Waals surface area contributed by atoms with Gasteiger partial charge in [0, 0.05) is 18.3 Å². The highest BCUT2D eigenvalue weighted by atomic mass is 16.6. The lowest BCUT2D eigenvalue weighted by atomic mass is 10.2. The van der Waals surface area contributed by atoms with E-state index in [1.54, 1.807) is 0 Å². The number of benzene rings is 1. The first-order valence-electron chi connectivity index (χ1n) is 6.14. The number of carbonyl (C=O) groups is 1. The zero-order valence-electron chi connectivity index (χ0n) is 11.8. The van der Waals surface area contributed by atoms with E-state index in [0.717, 1.165) is 11.3 Å². The molecule has 0 atom stereocenters. The van der Waals surface area contributed by atoms with Crippen molar-refractivity contribution in [2.24, 2.45) is 0 Å². The number of rotatable bonds is 2. The summed E-state index contributed by atoms with van der Waals surface area (Å²) < 4.78 is 5.09. The number of hydrogen-bond donors (Lipinski definition) is 2. The van der Waals surface area contributed by atoms with Crippen molar-refractivity contribution < 1.29 is 9.53 Å². The third-order valence-corrected chi connectivity index (χ3v) is 2.13. The van der Waals surface area contributed by atoms with Crippen LogP contribution in [0.25, 0.3) is 0 Å². The smallest absolute Gasteiger partial charge is 0.408 e. The third kappa shape index (κ3) is 6.37. The molecular weight excluding hydrogens is 240 g/mol. The monoisotopic (exact) mass is 260 g/mol. The summed E-state index contributed by atoms with van der Waals surface area (Å²) in [6, 6.07) is 7.75. The van der Waals surface area contributed by atoms with E-state index < -0.39 is 11.7 Å². The topological polar surface area (TPSA) is 50.4 Å². The van der Waals surface area contributed by atoms with Crippen molar-refractivity contribution in [1.29, 1.82) is 0 Å². The molecule has 4 heteroatoms. The Morgan fingerprint density at radius 3 is 2.42 bits per heavy atom. The summed E-state index contributed by atoms with van der Waals surface area (Å²) in [4.78, 5) is 11.3. The van der Waals surface area contributed by atoms with E-state index >= 15 is 0 Å². The van der Waals surface area contributed by atoms with Crippen LogP contribution >= 0.6 is 0 Å². The molecule has 0 aliphatic rings. The van der Waals surface area contributed by atoms with Gasteiger partial charge < -0.3 is 15.4 Å². The summed E-state index contributed by atoms with van der Waals surface area (Å²) in [5, 5.41) is 5.62. The van der Waals surface area contributed by atoms with Gasteiger partial charge in [-0.25, -0.2) is 4.79 Å². The molecule has 0 aliphatic heterocycles. The zero-order valence-corrected chi connectivity index (χ0v) is 11.8. The van der Waals surface area contributed by atoms with E-state index in [0.29, 0.717) is 0 Å². The molecule has 0 aliphatic carbocycles. The van der Waals surface area contributed by atoms with Crippen molar-refractivity contribution in [2.45, 2.75) is 26.4 Å². The minimum Gasteiger partial charge on any atom is -0.444 e. The molecule has 102 valence electrons. The predicted octanol–water partition coefficient (Wildman–Crippen LogP) is 2.60. The van der Waals surface area contributed by atoms with Gasteiger partial charge in [-0.3, -0.25) is 0 Å². The number of anilines is 1. The van der Waals surface area contributed by atoms with Crippen LogP contribution in [0.5, 0.6) is 0 Å². The van der Waals surface area contributed by atoms with Crippen molar-refractivity contribution in [3.05, 3.63) is 29.8 Å². The van der Waals surface area contributed by atoms with Gasteiger partial charge in [0.2, 0.25) is 0 Å². The second kappa shape index (κ2) is 6.69. The molecule has 1 rings (SSSR count). The Bertz CT molecular complexity index is 476. The first kappa shape index (κ1) is 14.9. The maximum absolute atomic E-state index is 11.3. The quantitative estimate of drug-likeness (QED) is 0.804. The highest BCUT2D eigenvalue weighted by Gasteiger charge is 2.14. The van der Waals surface area contributed by atoms with Crippen molar-refractivity contribution in [2.75, 3.05) is 18.9 Å². The van der Waals surface area contributed by atoms with Crippen LogP contribution in [0, 0.1) is 11.8 Å². The summed E-state index contributed by atoms with van der Waals surface area (Å²) in [7, 11) is 1.87. The second-order valence-corrected chi connectivity index (χ2v) is 4.98. The molecule has 2 N–H and O–H groups in total. The summed E-state index contributed by atoms with van der Waals surface area (Å²) in [5.74, 6) is 5.84. The fourth-order valence-corrected chi connectivity index (χ4v) is 1.30. The van der Waals surface area contributed by atoms with Gasteiger partial charge in [-0.1, -0.05) is 11.8 Å². The van der Waals surface area contributed by atoms with Crippen molar-refractivity contribution in [1.82, 2.24) is 5.32 Å². The Morgan fingerprint density at radius 1 is 1.26 bits per heavy atom. The first-order chi connectivity index (χ1) is 8.90. The Balaban J connectivity index is 2.40. The number of carbonyl (C=O) groups excluding carboxylic acids is 1. The molecule has 0 heterocycles. The Morgan fingerprint density at radius 2 is 1.89 bits per heavy atom. The van der Waals surface area contributed by atoms with Gasteiger partial charge >= 0.3 is 6.09 Å². The Hall–Kier alpha value is -2.15. The van der Waals surface area contributed by atoms with Crippen LogP contribution in [0.3, 0.4) is 0 Å².